The first-order valence-corrected chi connectivity index (χ1v) is 10.9. The maximum atomic E-state index is 13.7. The van der Waals surface area contributed by atoms with E-state index in [1.807, 2.05) is 55.5 Å². The number of urea groups is 1. The second kappa shape index (κ2) is 9.65. The Balaban J connectivity index is 1.89. The molecule has 1 unspecified atom stereocenters. The molecule has 0 aromatic heterocycles. The molecule has 0 saturated heterocycles. The fraction of sp³-hybridized carbons (Fsp3) is 0.231. The van der Waals surface area contributed by atoms with E-state index in [-0.39, 0.29) is 11.9 Å². The van der Waals surface area contributed by atoms with Crippen molar-refractivity contribution in [2.75, 3.05) is 31.0 Å². The number of nitrogens with one attached hydrogen (secondary N) is 1. The Labute approximate surface area is 193 Å². The Hall–Kier alpha value is -4.00. The van der Waals surface area contributed by atoms with Crippen LogP contribution < -0.4 is 19.7 Å². The van der Waals surface area contributed by atoms with Crippen LogP contribution in [0.25, 0.3) is 0 Å². The van der Waals surface area contributed by atoms with Gasteiger partial charge in [0.05, 0.1) is 25.5 Å². The molecule has 7 heteroatoms. The second-order valence-corrected chi connectivity index (χ2v) is 7.66. The highest BCUT2D eigenvalue weighted by Gasteiger charge is 2.42. The molecule has 3 aromatic carbocycles. The van der Waals surface area contributed by atoms with Crippen LogP contribution in [0.15, 0.2) is 72.8 Å². The van der Waals surface area contributed by atoms with Crippen molar-refractivity contribution in [1.29, 1.82) is 0 Å². The summed E-state index contributed by atoms with van der Waals surface area (Å²) in [4.78, 5) is 30.6. The summed E-state index contributed by atoms with van der Waals surface area (Å²) in [6, 6.07) is 21.5. The van der Waals surface area contributed by atoms with Crippen molar-refractivity contribution in [3.05, 3.63) is 83.9 Å². The first-order chi connectivity index (χ1) is 16.1. The largest absolute Gasteiger partial charge is 0.497 e. The molecule has 0 fully saturated rings. The minimum absolute atomic E-state index is 0.126. The molecule has 33 heavy (non-hydrogen) atoms. The standard InChI is InChI=1S/C26H27N3O4/c1-4-16-28-24(21-15-14-19(32-2)17-23(21)33-3)29(22-13-9-8-12-20(22)25(28)30)26(31)27-18-10-6-5-7-11-18/h5-15,17,24H,4,16H2,1-3H3,(H,27,31). The van der Waals surface area contributed by atoms with Gasteiger partial charge in [0.2, 0.25) is 0 Å². The zero-order valence-corrected chi connectivity index (χ0v) is 18.9. The molecular formula is C26H27N3O4. The third kappa shape index (κ3) is 4.22. The average molecular weight is 446 g/mol. The number of fused-ring (bicyclic) bond motifs is 1. The first kappa shape index (κ1) is 22.2. The number of anilines is 2. The van der Waals surface area contributed by atoms with Gasteiger partial charge in [0.25, 0.3) is 5.91 Å². The summed E-state index contributed by atoms with van der Waals surface area (Å²) in [6.45, 7) is 2.48. The van der Waals surface area contributed by atoms with Crippen LogP contribution >= 0.6 is 0 Å². The van der Waals surface area contributed by atoms with Crippen molar-refractivity contribution in [2.24, 2.45) is 0 Å². The molecule has 0 radical (unpaired) electrons. The van der Waals surface area contributed by atoms with Gasteiger partial charge in [-0.25, -0.2) is 4.79 Å². The number of carbonyl (C=O) groups is 2. The van der Waals surface area contributed by atoms with Crippen LogP contribution in [0.5, 0.6) is 11.5 Å². The van der Waals surface area contributed by atoms with Crippen molar-refractivity contribution in [3.8, 4) is 11.5 Å². The molecule has 0 aliphatic carbocycles. The van der Waals surface area contributed by atoms with Crippen molar-refractivity contribution in [3.63, 3.8) is 0 Å². The van der Waals surface area contributed by atoms with Crippen molar-refractivity contribution in [2.45, 2.75) is 19.5 Å². The molecule has 0 spiro atoms. The molecule has 3 aromatic rings. The molecule has 0 bridgehead atoms. The van der Waals surface area contributed by atoms with Gasteiger partial charge < -0.3 is 19.7 Å². The number of hydrogen-bond acceptors (Lipinski definition) is 4. The molecular weight excluding hydrogens is 418 g/mol. The van der Waals surface area contributed by atoms with E-state index >= 15 is 0 Å². The maximum Gasteiger partial charge on any atom is 0.328 e. The lowest BCUT2D eigenvalue weighted by molar-refractivity contribution is 0.0655. The van der Waals surface area contributed by atoms with Gasteiger partial charge in [-0.05, 0) is 42.8 Å². The Bertz CT molecular complexity index is 1150. The Kier molecular flexibility index (Phi) is 6.49. The van der Waals surface area contributed by atoms with Crippen LogP contribution in [0.3, 0.4) is 0 Å². The number of nitrogens with zero attached hydrogens (tertiary/aromatic N) is 2. The minimum atomic E-state index is -0.697. The molecule has 1 aliphatic rings. The molecule has 1 N–H and O–H groups in total. The third-order valence-electron chi connectivity index (χ3n) is 5.62. The molecule has 170 valence electrons. The SMILES string of the molecule is CCCN1C(=O)c2ccccc2N(C(=O)Nc2ccccc2)C1c1ccc(OC)cc1OC. The molecule has 7 nitrogen and oxygen atoms in total. The van der Waals surface area contributed by atoms with Gasteiger partial charge in [-0.2, -0.15) is 0 Å². The van der Waals surface area contributed by atoms with Crippen molar-refractivity contribution < 1.29 is 19.1 Å². The topological polar surface area (TPSA) is 71.1 Å². The Morgan fingerprint density at radius 3 is 2.39 bits per heavy atom. The Morgan fingerprint density at radius 2 is 1.70 bits per heavy atom. The maximum absolute atomic E-state index is 13.7. The smallest absolute Gasteiger partial charge is 0.328 e. The fourth-order valence-electron chi connectivity index (χ4n) is 4.13. The van der Waals surface area contributed by atoms with Crippen LogP contribution in [0.4, 0.5) is 16.2 Å². The van der Waals surface area contributed by atoms with Gasteiger partial charge >= 0.3 is 6.03 Å². The van der Waals surface area contributed by atoms with Gasteiger partial charge in [-0.15, -0.1) is 0 Å². The quantitative estimate of drug-likeness (QED) is 0.558. The van der Waals surface area contributed by atoms with Crippen LogP contribution in [0.2, 0.25) is 0 Å². The normalized spacial score (nSPS) is 15.1. The summed E-state index contributed by atoms with van der Waals surface area (Å²) in [6.07, 6.45) is 0.0359. The van der Waals surface area contributed by atoms with Gasteiger partial charge in [0, 0.05) is 23.9 Å². The number of rotatable bonds is 6. The zero-order valence-electron chi connectivity index (χ0n) is 18.9. The molecule has 0 saturated carbocycles. The van der Waals surface area contributed by atoms with E-state index in [1.54, 1.807) is 48.3 Å². The summed E-state index contributed by atoms with van der Waals surface area (Å²) in [5.41, 5.74) is 2.39. The summed E-state index contributed by atoms with van der Waals surface area (Å²) in [7, 11) is 3.15. The monoisotopic (exact) mass is 445 g/mol. The highest BCUT2D eigenvalue weighted by Crippen LogP contribution is 2.43. The lowest BCUT2D eigenvalue weighted by Crippen LogP contribution is -2.53. The van der Waals surface area contributed by atoms with Crippen LogP contribution in [-0.2, 0) is 0 Å². The number of para-hydroxylation sites is 2. The number of amides is 3. The van der Waals surface area contributed by atoms with E-state index < -0.39 is 6.17 Å². The second-order valence-electron chi connectivity index (χ2n) is 7.66. The van der Waals surface area contributed by atoms with Crippen LogP contribution in [-0.4, -0.2) is 37.6 Å². The summed E-state index contributed by atoms with van der Waals surface area (Å²) in [5.74, 6) is 1.03. The number of methoxy groups -OCH3 is 2. The number of benzene rings is 3. The minimum Gasteiger partial charge on any atom is -0.497 e. The highest BCUT2D eigenvalue weighted by atomic mass is 16.5. The van der Waals surface area contributed by atoms with Gasteiger partial charge in [-0.3, -0.25) is 9.69 Å². The van der Waals surface area contributed by atoms with E-state index in [2.05, 4.69) is 5.32 Å². The van der Waals surface area contributed by atoms with E-state index in [1.165, 1.54) is 0 Å². The predicted molar refractivity (Wildman–Crippen MR) is 128 cm³/mol. The fourth-order valence-corrected chi connectivity index (χ4v) is 4.13. The number of carbonyl (C=O) groups excluding carboxylic acids is 2. The first-order valence-electron chi connectivity index (χ1n) is 10.9. The molecule has 1 heterocycles. The number of ether oxygens (including phenoxy) is 2. The molecule has 1 aliphatic heterocycles. The van der Waals surface area contributed by atoms with Gasteiger partial charge in [0.15, 0.2) is 0 Å². The van der Waals surface area contributed by atoms with E-state index in [0.717, 1.165) is 6.42 Å². The average Bonchev–Trinajstić information content (AvgIpc) is 2.85. The van der Waals surface area contributed by atoms with Crippen molar-refractivity contribution >= 4 is 23.3 Å². The van der Waals surface area contributed by atoms with Crippen molar-refractivity contribution in [1.82, 2.24) is 4.90 Å². The van der Waals surface area contributed by atoms with Crippen LogP contribution in [0.1, 0.15) is 35.4 Å². The van der Waals surface area contributed by atoms with E-state index in [0.29, 0.717) is 40.5 Å². The van der Waals surface area contributed by atoms with E-state index in [4.69, 9.17) is 9.47 Å². The predicted octanol–water partition coefficient (Wildman–Crippen LogP) is 5.31. The summed E-state index contributed by atoms with van der Waals surface area (Å²) in [5, 5.41) is 2.97. The summed E-state index contributed by atoms with van der Waals surface area (Å²) < 4.78 is 11.0. The lowest BCUT2D eigenvalue weighted by Gasteiger charge is -2.44. The summed E-state index contributed by atoms with van der Waals surface area (Å²) >= 11 is 0. The number of hydrogen-bond donors (Lipinski definition) is 1. The highest BCUT2D eigenvalue weighted by molar-refractivity contribution is 6.11. The van der Waals surface area contributed by atoms with Gasteiger partial charge in [0.1, 0.15) is 17.7 Å². The zero-order chi connectivity index (χ0) is 23.4. The molecule has 3 amide bonds. The van der Waals surface area contributed by atoms with E-state index in [9.17, 15) is 9.59 Å². The molecule has 4 rings (SSSR count). The Morgan fingerprint density at radius 1 is 0.970 bits per heavy atom. The molecule has 1 atom stereocenters. The third-order valence-corrected chi connectivity index (χ3v) is 5.62. The van der Waals surface area contributed by atoms with Crippen LogP contribution in [0, 0.1) is 0 Å². The van der Waals surface area contributed by atoms with Gasteiger partial charge in [-0.1, -0.05) is 37.3 Å². The lowest BCUT2D eigenvalue weighted by atomic mass is 10.00.